The molecule has 0 aromatic rings. The number of hydrogen-bond acceptors (Lipinski definition) is 2. The molecule has 2 heteroatoms. The fraction of sp³-hybridized carbons (Fsp3) is 1.00. The molecule has 0 aromatic carbocycles. The van der Waals surface area contributed by atoms with E-state index in [-0.39, 0.29) is 6.10 Å². The molecule has 1 saturated carbocycles. The minimum atomic E-state index is -0.397. The zero-order valence-electron chi connectivity index (χ0n) is 9.34. The predicted octanol–water partition coefficient (Wildman–Crippen LogP) is 2.62. The average Bonchev–Trinajstić information content (AvgIpc) is 2.18. The highest BCUT2D eigenvalue weighted by Crippen LogP contribution is 2.32. The molecule has 0 radical (unpaired) electrons. The van der Waals surface area contributed by atoms with Crippen LogP contribution in [0.5, 0.6) is 0 Å². The van der Waals surface area contributed by atoms with Gasteiger partial charge in [0.25, 0.3) is 0 Å². The van der Waals surface area contributed by atoms with Crippen molar-refractivity contribution in [2.24, 2.45) is 0 Å². The number of hydrogen-bond donors (Lipinski definition) is 2. The SMILES string of the molecule is CCC(O)CCCC1(O)CCCCC1. The molecule has 0 saturated heterocycles. The van der Waals surface area contributed by atoms with Gasteiger partial charge in [0.2, 0.25) is 0 Å². The van der Waals surface area contributed by atoms with Gasteiger partial charge in [0, 0.05) is 0 Å². The normalized spacial score (nSPS) is 23.4. The molecule has 0 amide bonds. The van der Waals surface area contributed by atoms with Gasteiger partial charge in [0.15, 0.2) is 0 Å². The largest absolute Gasteiger partial charge is 0.393 e. The van der Waals surface area contributed by atoms with Crippen molar-refractivity contribution in [2.75, 3.05) is 0 Å². The highest BCUT2D eigenvalue weighted by atomic mass is 16.3. The number of aliphatic hydroxyl groups is 2. The Morgan fingerprint density at radius 2 is 1.86 bits per heavy atom. The van der Waals surface area contributed by atoms with Crippen molar-refractivity contribution in [1.29, 1.82) is 0 Å². The maximum Gasteiger partial charge on any atom is 0.0647 e. The van der Waals surface area contributed by atoms with Crippen LogP contribution in [0.15, 0.2) is 0 Å². The quantitative estimate of drug-likeness (QED) is 0.716. The molecule has 0 spiro atoms. The molecule has 1 aliphatic carbocycles. The first-order valence-corrected chi connectivity index (χ1v) is 6.07. The van der Waals surface area contributed by atoms with Crippen LogP contribution in [0.25, 0.3) is 0 Å². The molecule has 2 nitrogen and oxygen atoms in total. The maximum absolute atomic E-state index is 10.2. The van der Waals surface area contributed by atoms with Gasteiger partial charge in [-0.25, -0.2) is 0 Å². The topological polar surface area (TPSA) is 40.5 Å². The van der Waals surface area contributed by atoms with Crippen LogP contribution in [-0.2, 0) is 0 Å². The van der Waals surface area contributed by atoms with Crippen molar-refractivity contribution in [3.8, 4) is 0 Å². The van der Waals surface area contributed by atoms with Crippen LogP contribution in [-0.4, -0.2) is 21.9 Å². The van der Waals surface area contributed by atoms with Gasteiger partial charge < -0.3 is 10.2 Å². The zero-order chi connectivity index (χ0) is 10.4. The Bertz CT molecular complexity index is 150. The summed E-state index contributed by atoms with van der Waals surface area (Å²) in [6.45, 7) is 2.00. The van der Waals surface area contributed by atoms with Crippen LogP contribution in [0.2, 0.25) is 0 Å². The Hall–Kier alpha value is -0.0800. The van der Waals surface area contributed by atoms with E-state index in [9.17, 15) is 10.2 Å². The van der Waals surface area contributed by atoms with E-state index in [0.29, 0.717) is 0 Å². The second-order valence-corrected chi connectivity index (χ2v) is 4.74. The Kier molecular flexibility index (Phi) is 4.90. The third-order valence-electron chi connectivity index (χ3n) is 3.43. The fourth-order valence-corrected chi connectivity index (χ4v) is 2.33. The van der Waals surface area contributed by atoms with Crippen LogP contribution >= 0.6 is 0 Å². The summed E-state index contributed by atoms with van der Waals surface area (Å²) in [7, 11) is 0. The van der Waals surface area contributed by atoms with Gasteiger partial charge in [-0.05, 0) is 38.5 Å². The molecule has 84 valence electrons. The molecule has 1 atom stereocenters. The average molecular weight is 200 g/mol. The van der Waals surface area contributed by atoms with E-state index >= 15 is 0 Å². The molecule has 1 fully saturated rings. The van der Waals surface area contributed by atoms with E-state index in [1.165, 1.54) is 19.3 Å². The van der Waals surface area contributed by atoms with Crippen molar-refractivity contribution in [1.82, 2.24) is 0 Å². The number of aliphatic hydroxyl groups excluding tert-OH is 1. The van der Waals surface area contributed by atoms with E-state index in [1.807, 2.05) is 6.92 Å². The van der Waals surface area contributed by atoms with Gasteiger partial charge in [0.05, 0.1) is 11.7 Å². The summed E-state index contributed by atoms with van der Waals surface area (Å²) in [5, 5.41) is 19.6. The first-order valence-electron chi connectivity index (χ1n) is 6.07. The lowest BCUT2D eigenvalue weighted by molar-refractivity contribution is -0.00835. The minimum absolute atomic E-state index is 0.165. The van der Waals surface area contributed by atoms with Gasteiger partial charge in [-0.15, -0.1) is 0 Å². The van der Waals surface area contributed by atoms with Crippen molar-refractivity contribution < 1.29 is 10.2 Å². The van der Waals surface area contributed by atoms with Gasteiger partial charge in [-0.2, -0.15) is 0 Å². The van der Waals surface area contributed by atoms with E-state index in [4.69, 9.17) is 0 Å². The standard InChI is InChI=1S/C12H24O2/c1-2-11(13)7-6-10-12(14)8-4-3-5-9-12/h11,13-14H,2-10H2,1H3. The smallest absolute Gasteiger partial charge is 0.0647 e. The van der Waals surface area contributed by atoms with Crippen molar-refractivity contribution in [2.45, 2.75) is 76.4 Å². The van der Waals surface area contributed by atoms with Crippen molar-refractivity contribution in [3.05, 3.63) is 0 Å². The highest BCUT2D eigenvalue weighted by Gasteiger charge is 2.28. The van der Waals surface area contributed by atoms with Crippen molar-refractivity contribution >= 4 is 0 Å². The molecular weight excluding hydrogens is 176 g/mol. The van der Waals surface area contributed by atoms with Gasteiger partial charge in [0.1, 0.15) is 0 Å². The van der Waals surface area contributed by atoms with Gasteiger partial charge >= 0.3 is 0 Å². The number of rotatable bonds is 5. The summed E-state index contributed by atoms with van der Waals surface area (Å²) in [5.41, 5.74) is -0.397. The van der Waals surface area contributed by atoms with Gasteiger partial charge in [-0.3, -0.25) is 0 Å². The molecule has 0 aromatic heterocycles. The van der Waals surface area contributed by atoms with E-state index < -0.39 is 5.60 Å². The van der Waals surface area contributed by atoms with E-state index in [1.54, 1.807) is 0 Å². The Balaban J connectivity index is 2.15. The molecule has 0 aliphatic heterocycles. The highest BCUT2D eigenvalue weighted by molar-refractivity contribution is 4.82. The monoisotopic (exact) mass is 200 g/mol. The molecule has 2 N–H and O–H groups in total. The van der Waals surface area contributed by atoms with E-state index in [0.717, 1.165) is 38.5 Å². The van der Waals surface area contributed by atoms with Crippen molar-refractivity contribution in [3.63, 3.8) is 0 Å². The molecule has 1 unspecified atom stereocenters. The molecule has 0 heterocycles. The molecule has 0 bridgehead atoms. The summed E-state index contributed by atoms with van der Waals surface area (Å²) < 4.78 is 0. The molecular formula is C12H24O2. The fourth-order valence-electron chi connectivity index (χ4n) is 2.33. The Labute approximate surface area is 87.3 Å². The summed E-state index contributed by atoms with van der Waals surface area (Å²) in [6.07, 6.45) is 8.92. The summed E-state index contributed by atoms with van der Waals surface area (Å²) >= 11 is 0. The Morgan fingerprint density at radius 3 is 2.43 bits per heavy atom. The van der Waals surface area contributed by atoms with Gasteiger partial charge in [-0.1, -0.05) is 26.2 Å². The lowest BCUT2D eigenvalue weighted by Crippen LogP contribution is -2.31. The minimum Gasteiger partial charge on any atom is -0.393 e. The predicted molar refractivity (Wildman–Crippen MR) is 58.2 cm³/mol. The first kappa shape index (κ1) is 12.0. The third-order valence-corrected chi connectivity index (χ3v) is 3.43. The zero-order valence-corrected chi connectivity index (χ0v) is 9.34. The summed E-state index contributed by atoms with van der Waals surface area (Å²) in [5.74, 6) is 0. The van der Waals surface area contributed by atoms with Crippen LogP contribution in [0.4, 0.5) is 0 Å². The lowest BCUT2D eigenvalue weighted by Gasteiger charge is -2.32. The van der Waals surface area contributed by atoms with Crippen LogP contribution in [0, 0.1) is 0 Å². The molecule has 14 heavy (non-hydrogen) atoms. The molecule has 1 rings (SSSR count). The summed E-state index contributed by atoms with van der Waals surface area (Å²) in [6, 6.07) is 0. The second kappa shape index (κ2) is 5.72. The van der Waals surface area contributed by atoms with E-state index in [2.05, 4.69) is 0 Å². The third kappa shape index (κ3) is 3.97. The maximum atomic E-state index is 10.2. The molecule has 1 aliphatic rings. The van der Waals surface area contributed by atoms with Crippen LogP contribution < -0.4 is 0 Å². The lowest BCUT2D eigenvalue weighted by atomic mass is 9.81. The first-order chi connectivity index (χ1) is 6.66. The van der Waals surface area contributed by atoms with Crippen LogP contribution in [0.3, 0.4) is 0 Å². The Morgan fingerprint density at radius 1 is 1.21 bits per heavy atom. The second-order valence-electron chi connectivity index (χ2n) is 4.74. The van der Waals surface area contributed by atoms with Crippen LogP contribution in [0.1, 0.15) is 64.7 Å². The summed E-state index contributed by atoms with van der Waals surface area (Å²) in [4.78, 5) is 0.